The van der Waals surface area contributed by atoms with E-state index in [0.29, 0.717) is 0 Å². The van der Waals surface area contributed by atoms with Gasteiger partial charge in [-0.1, -0.05) is 43.9 Å². The van der Waals surface area contributed by atoms with Crippen molar-refractivity contribution in [1.29, 1.82) is 0 Å². The fourth-order valence-electron chi connectivity index (χ4n) is 3.02. The molecule has 1 aliphatic carbocycles. The fraction of sp³-hybridized carbons (Fsp3) is 0.591. The Balaban J connectivity index is 2.63. The summed E-state index contributed by atoms with van der Waals surface area (Å²) in [5.74, 6) is -1.65. The van der Waals surface area contributed by atoms with Gasteiger partial charge in [0.05, 0.1) is 7.11 Å². The molecule has 0 aromatic rings. The van der Waals surface area contributed by atoms with E-state index < -0.39 is 17.9 Å². The van der Waals surface area contributed by atoms with Crippen LogP contribution in [0.2, 0.25) is 0 Å². The Hall–Kier alpha value is -1.90. The molecule has 0 aromatic carbocycles. The summed E-state index contributed by atoms with van der Waals surface area (Å²) in [6.07, 6.45) is 14.3. The maximum atomic E-state index is 11.7. The lowest BCUT2D eigenvalue weighted by atomic mass is 10.0. The summed E-state index contributed by atoms with van der Waals surface area (Å²) >= 11 is 0. The lowest BCUT2D eigenvalue weighted by molar-refractivity contribution is -0.153. The number of ketones is 1. The Kier molecular flexibility index (Phi) is 10.6. The number of carbonyl (C=O) groups is 2. The molecule has 1 aliphatic rings. The topological polar surface area (TPSA) is 63.6 Å². The number of allylic oxidation sites excluding steroid dienone is 4. The molecule has 4 nitrogen and oxygen atoms in total. The molecule has 1 rings (SSSR count). The summed E-state index contributed by atoms with van der Waals surface area (Å²) in [6.45, 7) is 4.13. The number of unbranched alkanes of at least 4 members (excludes halogenated alkanes) is 4. The molecule has 0 spiro atoms. The molecule has 4 heteroatoms. The van der Waals surface area contributed by atoms with Crippen molar-refractivity contribution < 1.29 is 19.4 Å². The Morgan fingerprint density at radius 3 is 2.73 bits per heavy atom. The second-order valence-corrected chi connectivity index (χ2v) is 6.81. The highest BCUT2D eigenvalue weighted by molar-refractivity contribution is 6.07. The Morgan fingerprint density at radius 1 is 1.27 bits per heavy atom. The third kappa shape index (κ3) is 7.99. The van der Waals surface area contributed by atoms with Gasteiger partial charge in [-0.2, -0.15) is 0 Å². The van der Waals surface area contributed by atoms with Gasteiger partial charge in [0.25, 0.3) is 0 Å². The summed E-state index contributed by atoms with van der Waals surface area (Å²) in [6, 6.07) is 0. The van der Waals surface area contributed by atoms with Crippen LogP contribution in [0.4, 0.5) is 0 Å². The van der Waals surface area contributed by atoms with Crippen molar-refractivity contribution in [3.8, 4) is 0 Å². The molecule has 0 aliphatic heterocycles. The van der Waals surface area contributed by atoms with Gasteiger partial charge >= 0.3 is 5.97 Å². The first-order valence-corrected chi connectivity index (χ1v) is 9.59. The van der Waals surface area contributed by atoms with E-state index in [-0.39, 0.29) is 0 Å². The van der Waals surface area contributed by atoms with Crippen molar-refractivity contribution in [3.63, 3.8) is 0 Å². The van der Waals surface area contributed by atoms with E-state index in [0.717, 1.165) is 44.4 Å². The van der Waals surface area contributed by atoms with Gasteiger partial charge in [0.2, 0.25) is 11.9 Å². The molecule has 0 aromatic heterocycles. The van der Waals surface area contributed by atoms with Gasteiger partial charge in [0.1, 0.15) is 0 Å². The van der Waals surface area contributed by atoms with Crippen LogP contribution in [-0.4, -0.2) is 30.1 Å². The molecule has 0 unspecified atom stereocenters. The second kappa shape index (κ2) is 12.5. The van der Waals surface area contributed by atoms with E-state index in [4.69, 9.17) is 0 Å². The van der Waals surface area contributed by atoms with E-state index in [1.165, 1.54) is 43.3 Å². The average Bonchev–Trinajstić information content (AvgIpc) is 3.08. The minimum atomic E-state index is -1.77. The van der Waals surface area contributed by atoms with E-state index in [1.54, 1.807) is 0 Å². The van der Waals surface area contributed by atoms with Gasteiger partial charge in [0, 0.05) is 6.08 Å². The van der Waals surface area contributed by atoms with E-state index in [2.05, 4.69) is 29.5 Å². The molecule has 1 atom stereocenters. The van der Waals surface area contributed by atoms with Gasteiger partial charge in [-0.3, -0.25) is 4.79 Å². The lowest BCUT2D eigenvalue weighted by Gasteiger charge is -2.04. The van der Waals surface area contributed by atoms with Gasteiger partial charge in [-0.05, 0) is 56.6 Å². The summed E-state index contributed by atoms with van der Waals surface area (Å²) in [4.78, 5) is 22.8. The van der Waals surface area contributed by atoms with Crippen LogP contribution in [0.3, 0.4) is 0 Å². The molecular weight excluding hydrogens is 328 g/mol. The largest absolute Gasteiger partial charge is 0.467 e. The Morgan fingerprint density at radius 2 is 2.04 bits per heavy atom. The quantitative estimate of drug-likeness (QED) is 0.192. The molecule has 0 saturated carbocycles. The number of hydrogen-bond donors (Lipinski definition) is 1. The average molecular weight is 360 g/mol. The number of rotatable bonds is 11. The van der Waals surface area contributed by atoms with Crippen LogP contribution in [-0.2, 0) is 14.3 Å². The van der Waals surface area contributed by atoms with Crippen LogP contribution in [0.5, 0.6) is 0 Å². The number of aliphatic hydroxyl groups is 1. The Labute approximate surface area is 157 Å². The number of aliphatic hydroxyl groups excluding tert-OH is 1. The first-order chi connectivity index (χ1) is 12.5. The van der Waals surface area contributed by atoms with Gasteiger partial charge in [0.15, 0.2) is 0 Å². The van der Waals surface area contributed by atoms with Crippen molar-refractivity contribution in [2.45, 2.75) is 77.7 Å². The van der Waals surface area contributed by atoms with Gasteiger partial charge in [-0.25, -0.2) is 4.79 Å². The van der Waals surface area contributed by atoms with E-state index in [9.17, 15) is 14.7 Å². The van der Waals surface area contributed by atoms with Crippen LogP contribution < -0.4 is 0 Å². The highest BCUT2D eigenvalue weighted by Crippen LogP contribution is 2.31. The molecule has 0 radical (unpaired) electrons. The standard InChI is InChI=1S/C22H32O4/c1-4-5-6-7-8-9-11-18-12-10-13-19(18)16-17(2)14-15-20(23)21(24)22(25)26-3/h9,11,15,21,24H,4-8,10,12-13,16H2,1-3H3/b11-9+/t14?,21-/m0/s1. The molecule has 0 amide bonds. The minimum Gasteiger partial charge on any atom is -0.467 e. The smallest absolute Gasteiger partial charge is 0.342 e. The van der Waals surface area contributed by atoms with Crippen molar-refractivity contribution >= 4 is 11.8 Å². The molecule has 1 N–H and O–H groups in total. The van der Waals surface area contributed by atoms with Crippen molar-refractivity contribution in [1.82, 2.24) is 0 Å². The zero-order chi connectivity index (χ0) is 19.4. The summed E-state index contributed by atoms with van der Waals surface area (Å²) in [5, 5.41) is 9.48. The summed E-state index contributed by atoms with van der Waals surface area (Å²) in [5.41, 5.74) is 6.62. The van der Waals surface area contributed by atoms with Crippen molar-refractivity contribution in [2.24, 2.45) is 0 Å². The Bertz CT molecular complexity index is 604. The fourth-order valence-corrected chi connectivity index (χ4v) is 3.02. The van der Waals surface area contributed by atoms with Crippen LogP contribution in [0.1, 0.15) is 71.6 Å². The predicted octanol–water partition coefficient (Wildman–Crippen LogP) is 4.59. The lowest BCUT2D eigenvalue weighted by Crippen LogP contribution is -2.29. The molecule has 144 valence electrons. The number of ether oxygens (including phenoxy) is 1. The van der Waals surface area contributed by atoms with Crippen LogP contribution in [0.15, 0.2) is 40.7 Å². The zero-order valence-electron chi connectivity index (χ0n) is 16.3. The first-order valence-electron chi connectivity index (χ1n) is 9.59. The minimum absolute atomic E-state index is 0.705. The number of esters is 1. The third-order valence-electron chi connectivity index (χ3n) is 4.56. The maximum absolute atomic E-state index is 11.7. The maximum Gasteiger partial charge on any atom is 0.342 e. The molecule has 0 saturated heterocycles. The van der Waals surface area contributed by atoms with E-state index in [1.807, 2.05) is 6.92 Å². The monoisotopic (exact) mass is 360 g/mol. The predicted molar refractivity (Wildman–Crippen MR) is 104 cm³/mol. The van der Waals surface area contributed by atoms with Crippen LogP contribution in [0.25, 0.3) is 0 Å². The second-order valence-electron chi connectivity index (χ2n) is 6.81. The van der Waals surface area contributed by atoms with Gasteiger partial charge < -0.3 is 9.84 Å². The van der Waals surface area contributed by atoms with Crippen molar-refractivity contribution in [3.05, 3.63) is 40.7 Å². The van der Waals surface area contributed by atoms with Gasteiger partial charge in [-0.15, -0.1) is 5.73 Å². The molecule has 0 heterocycles. The molecule has 26 heavy (non-hydrogen) atoms. The van der Waals surface area contributed by atoms with Crippen molar-refractivity contribution in [2.75, 3.05) is 7.11 Å². The number of hydrogen-bond acceptors (Lipinski definition) is 4. The molecule has 0 bridgehead atoms. The highest BCUT2D eigenvalue weighted by Gasteiger charge is 2.22. The highest BCUT2D eigenvalue weighted by atomic mass is 16.5. The summed E-state index contributed by atoms with van der Waals surface area (Å²) in [7, 11) is 1.13. The van der Waals surface area contributed by atoms with Crippen LogP contribution in [0, 0.1) is 0 Å². The molecular formula is C22H32O4. The zero-order valence-corrected chi connectivity index (χ0v) is 16.3. The van der Waals surface area contributed by atoms with E-state index >= 15 is 0 Å². The van der Waals surface area contributed by atoms with Crippen LogP contribution >= 0.6 is 0 Å². The SMILES string of the molecule is CCCCCC/C=C/C1=C(CC(C)=C=CC(=O)[C@H](O)C(=O)OC)CCC1. The third-order valence-corrected chi connectivity index (χ3v) is 4.56. The normalized spacial score (nSPS) is 15.1. The summed E-state index contributed by atoms with van der Waals surface area (Å²) < 4.78 is 4.35. The first kappa shape index (κ1) is 22.1. The number of carbonyl (C=O) groups excluding carboxylic acids is 2. The molecule has 0 fully saturated rings. The number of methoxy groups -OCH3 is 1.